The number of nitrogens with one attached hydrogen (secondary N) is 2. The van der Waals surface area contributed by atoms with Crippen LogP contribution in [0, 0.1) is 12.7 Å². The van der Waals surface area contributed by atoms with Crippen molar-refractivity contribution in [3.8, 4) is 11.3 Å². The topological polar surface area (TPSA) is 70.9 Å². The fourth-order valence-electron chi connectivity index (χ4n) is 3.03. The monoisotopic (exact) mass is 383 g/mol. The van der Waals surface area contributed by atoms with Gasteiger partial charge in [-0.1, -0.05) is 41.0 Å². The maximum absolute atomic E-state index is 14.3. The normalized spacial score (nSPS) is 11.1. The molecule has 0 saturated carbocycles. The summed E-state index contributed by atoms with van der Waals surface area (Å²) >= 11 is 6.11. The lowest BCUT2D eigenvalue weighted by Crippen LogP contribution is -2.24. The van der Waals surface area contributed by atoms with Crippen LogP contribution in [0.1, 0.15) is 21.8 Å². The first kappa shape index (κ1) is 17.3. The summed E-state index contributed by atoms with van der Waals surface area (Å²) in [5.41, 5.74) is 2.14. The van der Waals surface area contributed by atoms with Crippen molar-refractivity contribution in [2.75, 3.05) is 0 Å². The summed E-state index contributed by atoms with van der Waals surface area (Å²) in [4.78, 5) is 16.0. The van der Waals surface area contributed by atoms with Crippen LogP contribution in [-0.4, -0.2) is 16.0 Å². The number of aromatic nitrogens is 2. The van der Waals surface area contributed by atoms with Gasteiger partial charge in [0, 0.05) is 11.2 Å². The van der Waals surface area contributed by atoms with Gasteiger partial charge in [0.2, 0.25) is 0 Å². The molecule has 0 unspecified atom stereocenters. The Balaban J connectivity index is 1.62. The maximum atomic E-state index is 14.3. The smallest absolute Gasteiger partial charge is 0.257 e. The van der Waals surface area contributed by atoms with E-state index < -0.39 is 11.7 Å². The summed E-state index contributed by atoms with van der Waals surface area (Å²) in [6, 6.07) is 14.1. The molecule has 2 heterocycles. The molecule has 0 aliphatic heterocycles. The number of aryl methyl sites for hydroxylation is 1. The van der Waals surface area contributed by atoms with E-state index in [1.807, 2.05) is 30.3 Å². The lowest BCUT2D eigenvalue weighted by molar-refractivity contribution is 0.0949. The van der Waals surface area contributed by atoms with Crippen LogP contribution in [0.2, 0.25) is 5.02 Å². The number of fused-ring (bicyclic) bond motifs is 1. The first-order valence-electron chi connectivity index (χ1n) is 8.30. The van der Waals surface area contributed by atoms with E-state index in [0.717, 1.165) is 16.6 Å². The van der Waals surface area contributed by atoms with Crippen LogP contribution in [0.15, 0.2) is 53.1 Å². The Hall–Kier alpha value is -3.12. The fraction of sp³-hybridized carbons (Fsp3) is 0.100. The Kier molecular flexibility index (Phi) is 4.41. The van der Waals surface area contributed by atoms with E-state index in [1.54, 1.807) is 6.92 Å². The molecule has 7 heteroatoms. The molecule has 5 nitrogen and oxygen atoms in total. The minimum Gasteiger partial charge on any atom is -0.360 e. The zero-order valence-corrected chi connectivity index (χ0v) is 15.1. The van der Waals surface area contributed by atoms with Crippen LogP contribution in [-0.2, 0) is 6.54 Å². The van der Waals surface area contributed by atoms with E-state index in [0.29, 0.717) is 5.76 Å². The van der Waals surface area contributed by atoms with E-state index >= 15 is 0 Å². The molecule has 136 valence electrons. The van der Waals surface area contributed by atoms with Crippen LogP contribution in [0.5, 0.6) is 0 Å². The molecule has 4 aromatic rings. The Bertz CT molecular complexity index is 1100. The average Bonchev–Trinajstić information content (AvgIpc) is 3.23. The number of hydrogen-bond acceptors (Lipinski definition) is 3. The predicted octanol–water partition coefficient (Wildman–Crippen LogP) is 4.85. The van der Waals surface area contributed by atoms with Gasteiger partial charge in [0.05, 0.1) is 17.1 Å². The van der Waals surface area contributed by atoms with Gasteiger partial charge in [-0.25, -0.2) is 4.39 Å². The third-order valence-corrected chi connectivity index (χ3v) is 4.63. The van der Waals surface area contributed by atoms with Crippen molar-refractivity contribution in [1.82, 2.24) is 15.5 Å². The molecule has 0 aliphatic rings. The molecular formula is C20H15ClFN3O2. The minimum absolute atomic E-state index is 0.0479. The number of para-hydroxylation sites is 1. The number of halogens is 2. The number of amides is 1. The van der Waals surface area contributed by atoms with Gasteiger partial charge >= 0.3 is 0 Å². The lowest BCUT2D eigenvalue weighted by Gasteiger charge is -2.07. The summed E-state index contributed by atoms with van der Waals surface area (Å²) in [6.45, 7) is 1.88. The number of carbonyl (C=O) groups excluding carboxylic acids is 1. The minimum atomic E-state index is -0.569. The Morgan fingerprint density at radius 3 is 2.85 bits per heavy atom. The highest BCUT2D eigenvalue weighted by molar-refractivity contribution is 6.33. The van der Waals surface area contributed by atoms with Crippen LogP contribution in [0.3, 0.4) is 0 Å². The van der Waals surface area contributed by atoms with Crippen molar-refractivity contribution in [3.05, 3.63) is 76.4 Å². The average molecular weight is 384 g/mol. The van der Waals surface area contributed by atoms with Crippen molar-refractivity contribution in [2.24, 2.45) is 0 Å². The molecule has 2 aromatic carbocycles. The number of benzene rings is 2. The summed E-state index contributed by atoms with van der Waals surface area (Å²) in [7, 11) is 0. The fourth-order valence-corrected chi connectivity index (χ4v) is 3.28. The van der Waals surface area contributed by atoms with Crippen LogP contribution in [0.4, 0.5) is 4.39 Å². The van der Waals surface area contributed by atoms with E-state index in [1.165, 1.54) is 18.2 Å². The van der Waals surface area contributed by atoms with Crippen molar-refractivity contribution in [2.45, 2.75) is 13.5 Å². The Labute approximate surface area is 159 Å². The highest BCUT2D eigenvalue weighted by Crippen LogP contribution is 2.33. The molecule has 0 atom stereocenters. The van der Waals surface area contributed by atoms with E-state index in [4.69, 9.17) is 16.1 Å². The number of carbonyl (C=O) groups is 1. The molecule has 4 rings (SSSR count). The molecule has 0 aliphatic carbocycles. The molecule has 0 bridgehead atoms. The highest BCUT2D eigenvalue weighted by atomic mass is 35.5. The first-order valence-corrected chi connectivity index (χ1v) is 8.68. The molecule has 0 spiro atoms. The number of aromatic amines is 1. The standard InChI is InChI=1S/C20H15ClFN3O2/c1-11-17(19(25-27-11)18-14(21)6-4-7-15(18)22)20(26)23-10-13-9-12-5-2-3-8-16(12)24-13/h2-9,24H,10H2,1H3,(H,23,26). The lowest BCUT2D eigenvalue weighted by atomic mass is 10.0. The Morgan fingerprint density at radius 2 is 2.07 bits per heavy atom. The van der Waals surface area contributed by atoms with E-state index in [-0.39, 0.29) is 28.4 Å². The second-order valence-electron chi connectivity index (χ2n) is 6.12. The number of H-pyrrole nitrogens is 1. The first-order chi connectivity index (χ1) is 13.0. The second-order valence-corrected chi connectivity index (χ2v) is 6.53. The maximum Gasteiger partial charge on any atom is 0.257 e. The van der Waals surface area contributed by atoms with Gasteiger partial charge in [0.1, 0.15) is 22.8 Å². The molecule has 2 aromatic heterocycles. The number of nitrogens with zero attached hydrogens (tertiary/aromatic N) is 1. The molecule has 0 fully saturated rings. The number of rotatable bonds is 4. The number of hydrogen-bond donors (Lipinski definition) is 2. The van der Waals surface area contributed by atoms with Gasteiger partial charge in [-0.15, -0.1) is 0 Å². The highest BCUT2D eigenvalue weighted by Gasteiger charge is 2.25. The SMILES string of the molecule is Cc1onc(-c2c(F)cccc2Cl)c1C(=O)NCc1cc2ccccc2[nH]1. The summed E-state index contributed by atoms with van der Waals surface area (Å²) in [5, 5.41) is 7.88. The van der Waals surface area contributed by atoms with E-state index in [9.17, 15) is 9.18 Å². The van der Waals surface area contributed by atoms with Crippen LogP contribution in [0.25, 0.3) is 22.2 Å². The molecule has 2 N–H and O–H groups in total. The van der Waals surface area contributed by atoms with Crippen LogP contribution < -0.4 is 5.32 Å². The summed E-state index contributed by atoms with van der Waals surface area (Å²) < 4.78 is 19.4. The second kappa shape index (κ2) is 6.89. The van der Waals surface area contributed by atoms with Gasteiger partial charge in [0.25, 0.3) is 5.91 Å². The molecule has 1 amide bonds. The molecule has 0 saturated heterocycles. The zero-order valence-electron chi connectivity index (χ0n) is 14.3. The summed E-state index contributed by atoms with van der Waals surface area (Å²) in [5.74, 6) is -0.694. The van der Waals surface area contributed by atoms with Gasteiger partial charge in [-0.3, -0.25) is 4.79 Å². The summed E-state index contributed by atoms with van der Waals surface area (Å²) in [6.07, 6.45) is 0. The predicted molar refractivity (Wildman–Crippen MR) is 101 cm³/mol. The quantitative estimate of drug-likeness (QED) is 0.529. The van der Waals surface area contributed by atoms with Crippen molar-refractivity contribution in [1.29, 1.82) is 0 Å². The van der Waals surface area contributed by atoms with Crippen LogP contribution >= 0.6 is 11.6 Å². The molecule has 27 heavy (non-hydrogen) atoms. The van der Waals surface area contributed by atoms with Gasteiger partial charge < -0.3 is 14.8 Å². The van der Waals surface area contributed by atoms with Gasteiger partial charge in [-0.2, -0.15) is 0 Å². The third-order valence-electron chi connectivity index (χ3n) is 4.31. The Morgan fingerprint density at radius 1 is 1.26 bits per heavy atom. The van der Waals surface area contributed by atoms with Gasteiger partial charge in [-0.05, 0) is 36.6 Å². The molecule has 0 radical (unpaired) electrons. The largest absolute Gasteiger partial charge is 0.360 e. The third kappa shape index (κ3) is 3.19. The van der Waals surface area contributed by atoms with E-state index in [2.05, 4.69) is 15.5 Å². The molecular weight excluding hydrogens is 369 g/mol. The van der Waals surface area contributed by atoms with Gasteiger partial charge in [0.15, 0.2) is 0 Å². The van der Waals surface area contributed by atoms with Crippen molar-refractivity contribution < 1.29 is 13.7 Å². The zero-order chi connectivity index (χ0) is 19.0. The van der Waals surface area contributed by atoms with Crippen molar-refractivity contribution >= 4 is 28.4 Å². The van der Waals surface area contributed by atoms with Crippen molar-refractivity contribution in [3.63, 3.8) is 0 Å².